The summed E-state index contributed by atoms with van der Waals surface area (Å²) in [5.74, 6) is 0.174. The van der Waals surface area contributed by atoms with Crippen LogP contribution in [0.2, 0.25) is 0 Å². The maximum Gasteiger partial charge on any atom is 0.295 e. The van der Waals surface area contributed by atoms with Crippen LogP contribution in [-0.2, 0) is 21.9 Å². The molecule has 0 aliphatic heterocycles. The average molecular weight is 473 g/mol. The van der Waals surface area contributed by atoms with Gasteiger partial charge in [0.25, 0.3) is 5.56 Å². The van der Waals surface area contributed by atoms with Crippen molar-refractivity contribution < 1.29 is 17.9 Å². The lowest BCUT2D eigenvalue weighted by Gasteiger charge is -2.22. The van der Waals surface area contributed by atoms with E-state index in [2.05, 4.69) is 5.32 Å². The number of hydrogen-bond acceptors (Lipinski definition) is 5. The molecular formula is C23H28N4O5S. The molecule has 33 heavy (non-hydrogen) atoms. The molecule has 10 heteroatoms. The molecule has 0 unspecified atom stereocenters. The van der Waals surface area contributed by atoms with Crippen LogP contribution in [0.1, 0.15) is 18.5 Å². The minimum atomic E-state index is -3.56. The third-order valence-electron chi connectivity index (χ3n) is 5.33. The fourth-order valence-corrected chi connectivity index (χ4v) is 4.51. The molecular weight excluding hydrogens is 444 g/mol. The van der Waals surface area contributed by atoms with Crippen LogP contribution in [0.4, 0.5) is 11.4 Å². The summed E-state index contributed by atoms with van der Waals surface area (Å²) >= 11 is 0. The Balaban J connectivity index is 1.71. The van der Waals surface area contributed by atoms with Gasteiger partial charge in [-0.25, -0.2) is 13.1 Å². The fraction of sp³-hybridized carbons (Fsp3) is 0.304. The van der Waals surface area contributed by atoms with E-state index in [1.807, 2.05) is 30.3 Å². The third kappa shape index (κ3) is 5.46. The number of hydrogen-bond donors (Lipinski definition) is 1. The first-order chi connectivity index (χ1) is 15.6. The van der Waals surface area contributed by atoms with E-state index in [4.69, 9.17) is 4.74 Å². The molecule has 0 bridgehead atoms. The highest BCUT2D eigenvalue weighted by molar-refractivity contribution is 7.92. The molecule has 0 radical (unpaired) electrons. The largest absolute Gasteiger partial charge is 0.497 e. The molecule has 1 aromatic heterocycles. The minimum absolute atomic E-state index is 0.0507. The molecule has 0 atom stereocenters. The van der Waals surface area contributed by atoms with E-state index >= 15 is 0 Å². The molecule has 0 fully saturated rings. The van der Waals surface area contributed by atoms with Crippen molar-refractivity contribution in [3.05, 3.63) is 70.6 Å². The van der Waals surface area contributed by atoms with E-state index < -0.39 is 10.0 Å². The van der Waals surface area contributed by atoms with Gasteiger partial charge in [-0.05, 0) is 37.6 Å². The molecule has 2 aromatic carbocycles. The van der Waals surface area contributed by atoms with Crippen LogP contribution in [0.25, 0.3) is 5.69 Å². The van der Waals surface area contributed by atoms with Gasteiger partial charge in [0.2, 0.25) is 15.9 Å². The second-order valence-corrected chi connectivity index (χ2v) is 9.53. The summed E-state index contributed by atoms with van der Waals surface area (Å²) in [5.41, 5.74) is 1.65. The Morgan fingerprint density at radius 3 is 2.45 bits per heavy atom. The number of anilines is 2. The number of benzene rings is 2. The molecule has 0 saturated carbocycles. The van der Waals surface area contributed by atoms with E-state index in [-0.39, 0.29) is 36.5 Å². The first kappa shape index (κ1) is 24.1. The molecule has 0 saturated heterocycles. The van der Waals surface area contributed by atoms with Crippen molar-refractivity contribution in [2.24, 2.45) is 7.05 Å². The molecule has 3 aromatic rings. The number of aromatic nitrogens is 2. The number of para-hydroxylation sites is 1. The monoisotopic (exact) mass is 472 g/mol. The standard InChI is InChI=1S/C23H28N4O5S/c1-17-22(23(29)27(25(17)2)18-10-6-5-7-11-18)24-21(28)14-9-15-26(33(4,30)31)19-12-8-13-20(16-19)32-3/h5-8,10-13,16H,9,14-15H2,1-4H3,(H,24,28). The highest BCUT2D eigenvalue weighted by Gasteiger charge is 2.20. The predicted molar refractivity (Wildman–Crippen MR) is 129 cm³/mol. The Hall–Kier alpha value is -3.53. The molecule has 0 aliphatic carbocycles. The van der Waals surface area contributed by atoms with Crippen molar-refractivity contribution in [1.82, 2.24) is 9.36 Å². The molecule has 0 spiro atoms. The number of ether oxygens (including phenoxy) is 1. The second-order valence-electron chi connectivity index (χ2n) is 7.62. The Morgan fingerprint density at radius 1 is 1.12 bits per heavy atom. The highest BCUT2D eigenvalue weighted by Crippen LogP contribution is 2.23. The number of sulfonamides is 1. The number of carbonyl (C=O) groups excluding carboxylic acids is 1. The Kier molecular flexibility index (Phi) is 7.27. The summed E-state index contributed by atoms with van der Waals surface area (Å²) in [4.78, 5) is 25.5. The van der Waals surface area contributed by atoms with Crippen molar-refractivity contribution in [3.8, 4) is 11.4 Å². The number of amides is 1. The van der Waals surface area contributed by atoms with Crippen LogP contribution < -0.4 is 19.9 Å². The summed E-state index contributed by atoms with van der Waals surface area (Å²) in [7, 11) is -0.304. The van der Waals surface area contributed by atoms with Gasteiger partial charge in [-0.1, -0.05) is 24.3 Å². The molecule has 3 rings (SSSR count). The fourth-order valence-electron chi connectivity index (χ4n) is 3.55. The Bertz CT molecular complexity index is 1300. The van der Waals surface area contributed by atoms with E-state index in [1.54, 1.807) is 42.9 Å². The maximum absolute atomic E-state index is 12.9. The summed E-state index contributed by atoms with van der Waals surface area (Å²) in [5, 5.41) is 2.70. The van der Waals surface area contributed by atoms with E-state index in [1.165, 1.54) is 16.1 Å². The van der Waals surface area contributed by atoms with Gasteiger partial charge in [-0.2, -0.15) is 0 Å². The summed E-state index contributed by atoms with van der Waals surface area (Å²) < 4.78 is 34.2. The smallest absolute Gasteiger partial charge is 0.295 e. The first-order valence-corrected chi connectivity index (χ1v) is 12.2. The lowest BCUT2D eigenvalue weighted by atomic mass is 10.2. The zero-order valence-electron chi connectivity index (χ0n) is 19.1. The Labute approximate surface area is 193 Å². The zero-order chi connectivity index (χ0) is 24.2. The van der Waals surface area contributed by atoms with Crippen molar-refractivity contribution in [1.29, 1.82) is 0 Å². The van der Waals surface area contributed by atoms with Gasteiger partial charge >= 0.3 is 0 Å². The zero-order valence-corrected chi connectivity index (χ0v) is 19.9. The third-order valence-corrected chi connectivity index (χ3v) is 6.52. The molecule has 1 heterocycles. The van der Waals surface area contributed by atoms with Crippen molar-refractivity contribution >= 4 is 27.3 Å². The van der Waals surface area contributed by atoms with Gasteiger partial charge in [0, 0.05) is 26.1 Å². The van der Waals surface area contributed by atoms with Gasteiger partial charge < -0.3 is 10.1 Å². The van der Waals surface area contributed by atoms with Gasteiger partial charge in [0.05, 0.1) is 30.4 Å². The minimum Gasteiger partial charge on any atom is -0.497 e. The highest BCUT2D eigenvalue weighted by atomic mass is 32.2. The number of methoxy groups -OCH3 is 1. The van der Waals surface area contributed by atoms with Crippen LogP contribution in [0.3, 0.4) is 0 Å². The lowest BCUT2D eigenvalue weighted by Crippen LogP contribution is -2.31. The summed E-state index contributed by atoms with van der Waals surface area (Å²) in [6, 6.07) is 15.9. The van der Waals surface area contributed by atoms with Gasteiger partial charge in [0.1, 0.15) is 11.4 Å². The topological polar surface area (TPSA) is 103 Å². The van der Waals surface area contributed by atoms with Crippen LogP contribution in [0.5, 0.6) is 5.75 Å². The van der Waals surface area contributed by atoms with E-state index in [0.717, 1.165) is 6.26 Å². The van der Waals surface area contributed by atoms with Crippen molar-refractivity contribution in [3.63, 3.8) is 0 Å². The average Bonchev–Trinajstić information content (AvgIpc) is 2.99. The number of nitrogens with zero attached hydrogens (tertiary/aromatic N) is 3. The van der Waals surface area contributed by atoms with Crippen molar-refractivity contribution in [2.45, 2.75) is 19.8 Å². The van der Waals surface area contributed by atoms with Crippen LogP contribution in [0, 0.1) is 6.92 Å². The SMILES string of the molecule is COc1cccc(N(CCCC(=O)Nc2c(C)n(C)n(-c3ccccc3)c2=O)S(C)(=O)=O)c1. The van der Waals surface area contributed by atoms with Crippen LogP contribution >= 0.6 is 0 Å². The molecule has 176 valence electrons. The second kappa shape index (κ2) is 9.95. The predicted octanol–water partition coefficient (Wildman–Crippen LogP) is 2.68. The van der Waals surface area contributed by atoms with Gasteiger partial charge in [0.15, 0.2) is 0 Å². The molecule has 9 nitrogen and oxygen atoms in total. The van der Waals surface area contributed by atoms with Crippen LogP contribution in [0.15, 0.2) is 59.4 Å². The van der Waals surface area contributed by atoms with E-state index in [9.17, 15) is 18.0 Å². The van der Waals surface area contributed by atoms with Crippen LogP contribution in [-0.4, -0.2) is 43.6 Å². The number of rotatable bonds is 9. The number of nitrogens with one attached hydrogen (secondary N) is 1. The number of carbonyl (C=O) groups is 1. The van der Waals surface area contributed by atoms with Gasteiger partial charge in [-0.15, -0.1) is 0 Å². The van der Waals surface area contributed by atoms with Crippen molar-refractivity contribution in [2.75, 3.05) is 29.5 Å². The maximum atomic E-state index is 12.9. The lowest BCUT2D eigenvalue weighted by molar-refractivity contribution is -0.116. The summed E-state index contributed by atoms with van der Waals surface area (Å²) in [6.07, 6.45) is 1.44. The quantitative estimate of drug-likeness (QED) is 0.516. The molecule has 0 aliphatic rings. The normalized spacial score (nSPS) is 11.3. The van der Waals surface area contributed by atoms with Gasteiger partial charge in [-0.3, -0.25) is 18.6 Å². The molecule has 1 N–H and O–H groups in total. The van der Waals surface area contributed by atoms with E-state index in [0.29, 0.717) is 22.8 Å². The molecule has 1 amide bonds. The summed E-state index contributed by atoms with van der Waals surface area (Å²) in [6.45, 7) is 1.87. The Morgan fingerprint density at radius 2 is 1.82 bits per heavy atom. The first-order valence-electron chi connectivity index (χ1n) is 10.4.